The molecule has 2 aliphatic rings. The molecule has 1 aromatic heterocycles. The van der Waals surface area contributed by atoms with Gasteiger partial charge in [0, 0.05) is 41.7 Å². The Morgan fingerprint density at radius 1 is 1.26 bits per heavy atom. The van der Waals surface area contributed by atoms with Gasteiger partial charge in [-0.05, 0) is 55.6 Å². The number of ether oxygens (including phenoxy) is 2. The van der Waals surface area contributed by atoms with Gasteiger partial charge in [-0.15, -0.1) is 0 Å². The number of rotatable bonds is 2. The molecule has 0 N–H and O–H groups in total. The molecule has 23 heavy (non-hydrogen) atoms. The van der Waals surface area contributed by atoms with Gasteiger partial charge in [0.05, 0.1) is 0 Å². The largest absolute Gasteiger partial charge is 0.474 e. The zero-order valence-corrected chi connectivity index (χ0v) is 15.4. The fourth-order valence-corrected chi connectivity index (χ4v) is 3.67. The van der Waals surface area contributed by atoms with Crippen LogP contribution in [-0.4, -0.2) is 39.8 Å². The lowest BCUT2D eigenvalue weighted by Gasteiger charge is -2.39. The number of amides is 1. The van der Waals surface area contributed by atoms with Crippen LogP contribution in [0.4, 0.5) is 4.79 Å². The topological polar surface area (TPSA) is 51.7 Å². The van der Waals surface area contributed by atoms with Gasteiger partial charge in [-0.25, -0.2) is 9.78 Å². The second-order valence-corrected chi connectivity index (χ2v) is 8.21. The van der Waals surface area contributed by atoms with Crippen LogP contribution in [-0.2, 0) is 4.74 Å². The van der Waals surface area contributed by atoms with E-state index in [0.29, 0.717) is 5.88 Å². The van der Waals surface area contributed by atoms with Crippen LogP contribution in [0.2, 0.25) is 0 Å². The van der Waals surface area contributed by atoms with Gasteiger partial charge in [-0.1, -0.05) is 0 Å². The third kappa shape index (κ3) is 3.97. The fraction of sp³-hybridized carbons (Fsp3) is 0.647. The summed E-state index contributed by atoms with van der Waals surface area (Å²) in [5.41, 5.74) is -0.453. The summed E-state index contributed by atoms with van der Waals surface area (Å²) >= 11 is 3.37. The molecule has 3 heterocycles. The Labute approximate surface area is 145 Å². The quantitative estimate of drug-likeness (QED) is 0.770. The van der Waals surface area contributed by atoms with E-state index < -0.39 is 5.60 Å². The Bertz CT molecular complexity index is 556. The summed E-state index contributed by atoms with van der Waals surface area (Å²) in [5.74, 6) is 0.642. The summed E-state index contributed by atoms with van der Waals surface area (Å²) in [6.07, 6.45) is 5.39. The van der Waals surface area contributed by atoms with Crippen LogP contribution in [0.3, 0.4) is 0 Å². The molecule has 2 fully saturated rings. The number of hydrogen-bond acceptors (Lipinski definition) is 4. The third-order valence-corrected chi connectivity index (χ3v) is 4.75. The maximum absolute atomic E-state index is 12.4. The number of piperidine rings is 1. The van der Waals surface area contributed by atoms with Crippen LogP contribution >= 0.6 is 15.9 Å². The van der Waals surface area contributed by atoms with E-state index in [1.807, 2.05) is 37.8 Å². The number of nitrogens with zero attached hydrogens (tertiary/aromatic N) is 2. The van der Waals surface area contributed by atoms with Crippen LogP contribution in [0.1, 0.15) is 46.5 Å². The smallest absolute Gasteiger partial charge is 0.410 e. The van der Waals surface area contributed by atoms with E-state index >= 15 is 0 Å². The van der Waals surface area contributed by atoms with Crippen molar-refractivity contribution in [2.24, 2.45) is 0 Å². The van der Waals surface area contributed by atoms with Crippen molar-refractivity contribution in [2.75, 3.05) is 0 Å². The highest BCUT2D eigenvalue weighted by Gasteiger charge is 2.45. The first-order valence-corrected chi connectivity index (χ1v) is 8.90. The van der Waals surface area contributed by atoms with Crippen LogP contribution in [0.15, 0.2) is 22.8 Å². The van der Waals surface area contributed by atoms with Gasteiger partial charge in [0.15, 0.2) is 0 Å². The third-order valence-electron chi connectivity index (χ3n) is 4.28. The van der Waals surface area contributed by atoms with E-state index in [-0.39, 0.29) is 24.3 Å². The van der Waals surface area contributed by atoms with Crippen LogP contribution in [0.5, 0.6) is 5.88 Å². The van der Waals surface area contributed by atoms with Crippen molar-refractivity contribution in [1.29, 1.82) is 0 Å². The average Bonchev–Trinajstić information content (AvgIpc) is 2.72. The molecule has 2 unspecified atom stereocenters. The molecule has 2 saturated heterocycles. The molecule has 5 nitrogen and oxygen atoms in total. The molecule has 0 aromatic carbocycles. The fourth-order valence-electron chi connectivity index (χ4n) is 3.44. The average molecular weight is 383 g/mol. The molecule has 2 bridgehead atoms. The summed E-state index contributed by atoms with van der Waals surface area (Å²) in [7, 11) is 0. The maximum Gasteiger partial charge on any atom is 0.410 e. The zero-order valence-electron chi connectivity index (χ0n) is 13.8. The second-order valence-electron chi connectivity index (χ2n) is 7.30. The molecule has 0 spiro atoms. The van der Waals surface area contributed by atoms with Crippen molar-refractivity contribution in [3.05, 3.63) is 22.8 Å². The highest BCUT2D eigenvalue weighted by molar-refractivity contribution is 9.10. The van der Waals surface area contributed by atoms with Crippen molar-refractivity contribution < 1.29 is 14.3 Å². The van der Waals surface area contributed by atoms with Gasteiger partial charge < -0.3 is 14.4 Å². The van der Waals surface area contributed by atoms with Crippen molar-refractivity contribution in [3.63, 3.8) is 0 Å². The van der Waals surface area contributed by atoms with E-state index in [0.717, 1.165) is 30.2 Å². The molecule has 6 heteroatoms. The molecule has 3 rings (SSSR count). The second kappa shape index (κ2) is 6.30. The summed E-state index contributed by atoms with van der Waals surface area (Å²) in [6.45, 7) is 5.71. The highest BCUT2D eigenvalue weighted by atomic mass is 79.9. The number of carbonyl (C=O) groups is 1. The summed E-state index contributed by atoms with van der Waals surface area (Å²) in [4.78, 5) is 18.6. The standard InChI is InChI=1S/C17H23BrN2O3/c1-17(2,3)23-16(21)20-12-5-6-13(20)9-14(8-12)22-15-7-4-11(18)10-19-15/h4,7,10,12-14H,5-6,8-9H2,1-3H3. The lowest BCUT2D eigenvalue weighted by molar-refractivity contribution is -0.00759. The Morgan fingerprint density at radius 2 is 1.91 bits per heavy atom. The van der Waals surface area contributed by atoms with Crippen LogP contribution < -0.4 is 4.74 Å². The van der Waals surface area contributed by atoms with Crippen molar-refractivity contribution >= 4 is 22.0 Å². The number of halogens is 1. The first-order chi connectivity index (χ1) is 10.8. The molecule has 1 amide bonds. The lowest BCUT2D eigenvalue weighted by Crippen LogP contribution is -2.50. The van der Waals surface area contributed by atoms with Gasteiger partial charge in [0.25, 0.3) is 0 Å². The van der Waals surface area contributed by atoms with Crippen molar-refractivity contribution in [1.82, 2.24) is 9.88 Å². The number of carbonyl (C=O) groups excluding carboxylic acids is 1. The summed E-state index contributed by atoms with van der Waals surface area (Å²) in [5, 5.41) is 0. The highest BCUT2D eigenvalue weighted by Crippen LogP contribution is 2.38. The normalized spacial score (nSPS) is 27.0. The van der Waals surface area contributed by atoms with Crippen molar-refractivity contribution in [3.8, 4) is 5.88 Å². The summed E-state index contributed by atoms with van der Waals surface area (Å²) < 4.78 is 12.5. The molecule has 0 saturated carbocycles. The number of fused-ring (bicyclic) bond motifs is 2. The maximum atomic E-state index is 12.4. The molecule has 2 atom stereocenters. The van der Waals surface area contributed by atoms with E-state index in [1.165, 1.54) is 0 Å². The Morgan fingerprint density at radius 3 is 2.43 bits per heavy atom. The molecular formula is C17H23BrN2O3. The molecule has 2 aliphatic heterocycles. The minimum atomic E-state index is -0.453. The molecule has 126 valence electrons. The predicted octanol–water partition coefficient (Wildman–Crippen LogP) is 4.15. The van der Waals surface area contributed by atoms with Gasteiger partial charge in [-0.3, -0.25) is 0 Å². The number of hydrogen-bond donors (Lipinski definition) is 0. The SMILES string of the molecule is CC(C)(C)OC(=O)N1C2CCC1CC(Oc1ccc(Br)cn1)C2. The van der Waals surface area contributed by atoms with Crippen molar-refractivity contribution in [2.45, 2.75) is 70.2 Å². The zero-order chi connectivity index (χ0) is 16.6. The van der Waals surface area contributed by atoms with Gasteiger partial charge >= 0.3 is 6.09 Å². The Kier molecular flexibility index (Phi) is 4.54. The summed E-state index contributed by atoms with van der Waals surface area (Å²) in [6, 6.07) is 4.21. The first kappa shape index (κ1) is 16.6. The molecule has 0 radical (unpaired) electrons. The van der Waals surface area contributed by atoms with Crippen LogP contribution in [0.25, 0.3) is 0 Å². The molecule has 0 aliphatic carbocycles. The van der Waals surface area contributed by atoms with Gasteiger partial charge in [0.2, 0.25) is 5.88 Å². The Balaban J connectivity index is 1.62. The molecule has 1 aromatic rings. The van der Waals surface area contributed by atoms with E-state index in [4.69, 9.17) is 9.47 Å². The van der Waals surface area contributed by atoms with E-state index in [9.17, 15) is 4.79 Å². The monoisotopic (exact) mass is 382 g/mol. The van der Waals surface area contributed by atoms with E-state index in [1.54, 1.807) is 6.20 Å². The van der Waals surface area contributed by atoms with Crippen LogP contribution in [0, 0.1) is 0 Å². The predicted molar refractivity (Wildman–Crippen MR) is 90.5 cm³/mol. The first-order valence-electron chi connectivity index (χ1n) is 8.11. The molecular weight excluding hydrogens is 360 g/mol. The number of pyridine rings is 1. The number of aromatic nitrogens is 1. The minimum absolute atomic E-state index is 0.111. The lowest BCUT2D eigenvalue weighted by atomic mass is 10.0. The van der Waals surface area contributed by atoms with E-state index in [2.05, 4.69) is 20.9 Å². The Hall–Kier alpha value is -1.30. The van der Waals surface area contributed by atoms with Gasteiger partial charge in [0.1, 0.15) is 11.7 Å². The van der Waals surface area contributed by atoms with Gasteiger partial charge in [-0.2, -0.15) is 0 Å². The minimum Gasteiger partial charge on any atom is -0.474 e.